The fourth-order valence-electron chi connectivity index (χ4n) is 1.59. The highest BCUT2D eigenvalue weighted by atomic mass is 32.2. The molecule has 0 unspecified atom stereocenters. The molecule has 8 heteroatoms. The highest BCUT2D eigenvalue weighted by Gasteiger charge is 2.19. The molecule has 1 heterocycles. The van der Waals surface area contributed by atoms with Crippen LogP contribution in [0.15, 0.2) is 23.1 Å². The van der Waals surface area contributed by atoms with Crippen molar-refractivity contribution in [2.45, 2.75) is 25.7 Å². The van der Waals surface area contributed by atoms with Gasteiger partial charge in [0.1, 0.15) is 4.90 Å². The third kappa shape index (κ3) is 2.85. The zero-order valence-electron chi connectivity index (χ0n) is 11.4. The fourth-order valence-corrected chi connectivity index (χ4v) is 2.64. The first-order chi connectivity index (χ1) is 9.29. The first-order valence-corrected chi connectivity index (χ1v) is 7.35. The van der Waals surface area contributed by atoms with E-state index in [4.69, 9.17) is 5.73 Å². The Bertz CT molecular complexity index is 758. The second-order valence-corrected chi connectivity index (χ2v) is 6.10. The maximum Gasteiger partial charge on any atom is 0.266 e. The van der Waals surface area contributed by atoms with Crippen LogP contribution in [0.1, 0.15) is 17.0 Å². The lowest BCUT2D eigenvalue weighted by Gasteiger charge is -2.09. The monoisotopic (exact) mass is 293 g/mol. The second kappa shape index (κ2) is 5.04. The van der Waals surface area contributed by atoms with E-state index in [0.29, 0.717) is 11.4 Å². The SMILES string of the molecule is Cc1ccc(S(=O)(=O)Nc2nnc(C)c(C)n2)c(N)c1. The van der Waals surface area contributed by atoms with E-state index >= 15 is 0 Å². The summed E-state index contributed by atoms with van der Waals surface area (Å²) in [5, 5.41) is 7.53. The molecule has 0 bridgehead atoms. The second-order valence-electron chi connectivity index (χ2n) is 4.45. The van der Waals surface area contributed by atoms with Crippen LogP contribution in [-0.4, -0.2) is 23.6 Å². The summed E-state index contributed by atoms with van der Waals surface area (Å²) in [4.78, 5) is 4.02. The number of nitrogens with one attached hydrogen (secondary N) is 1. The Hall–Kier alpha value is -2.22. The molecule has 2 aromatic rings. The van der Waals surface area contributed by atoms with Gasteiger partial charge in [-0.1, -0.05) is 6.07 Å². The Morgan fingerprint density at radius 3 is 2.40 bits per heavy atom. The first kappa shape index (κ1) is 14.2. The molecular formula is C12H15N5O2S. The third-order valence-electron chi connectivity index (χ3n) is 2.77. The van der Waals surface area contributed by atoms with Crippen molar-refractivity contribution < 1.29 is 8.42 Å². The zero-order chi connectivity index (χ0) is 14.9. The van der Waals surface area contributed by atoms with Gasteiger partial charge in [0.2, 0.25) is 0 Å². The molecule has 0 aliphatic heterocycles. The summed E-state index contributed by atoms with van der Waals surface area (Å²) in [6.45, 7) is 5.30. The zero-order valence-corrected chi connectivity index (χ0v) is 12.2. The van der Waals surface area contributed by atoms with E-state index in [2.05, 4.69) is 19.9 Å². The standard InChI is InChI=1S/C12H15N5O2S/c1-7-4-5-11(10(13)6-7)20(18,19)17-12-14-8(2)9(3)15-16-12/h4-6H,13H2,1-3H3,(H,14,16,17). The lowest BCUT2D eigenvalue weighted by atomic mass is 10.2. The number of nitrogens with two attached hydrogens (primary N) is 1. The minimum Gasteiger partial charge on any atom is -0.398 e. The molecule has 0 aliphatic carbocycles. The van der Waals surface area contributed by atoms with E-state index < -0.39 is 10.0 Å². The van der Waals surface area contributed by atoms with Gasteiger partial charge in [-0.15, -0.1) is 5.10 Å². The molecule has 1 aromatic carbocycles. The van der Waals surface area contributed by atoms with Gasteiger partial charge in [0.25, 0.3) is 16.0 Å². The van der Waals surface area contributed by atoms with Crippen LogP contribution in [0.2, 0.25) is 0 Å². The number of nitrogens with zero attached hydrogens (tertiary/aromatic N) is 3. The molecule has 2 rings (SSSR count). The van der Waals surface area contributed by atoms with E-state index in [1.165, 1.54) is 6.07 Å². The molecule has 0 atom stereocenters. The van der Waals surface area contributed by atoms with Crippen molar-refractivity contribution in [3.8, 4) is 0 Å². The number of hydrogen-bond donors (Lipinski definition) is 2. The van der Waals surface area contributed by atoms with Gasteiger partial charge in [-0.05, 0) is 38.5 Å². The van der Waals surface area contributed by atoms with Gasteiger partial charge in [-0.2, -0.15) is 5.10 Å². The van der Waals surface area contributed by atoms with Crippen LogP contribution < -0.4 is 10.5 Å². The molecule has 106 valence electrons. The number of hydrogen-bond acceptors (Lipinski definition) is 6. The Kier molecular flexibility index (Phi) is 3.58. The largest absolute Gasteiger partial charge is 0.398 e. The number of anilines is 2. The smallest absolute Gasteiger partial charge is 0.266 e. The predicted molar refractivity (Wildman–Crippen MR) is 75.7 cm³/mol. The lowest BCUT2D eigenvalue weighted by Crippen LogP contribution is -2.17. The summed E-state index contributed by atoms with van der Waals surface area (Å²) in [5.74, 6) is -0.0759. The van der Waals surface area contributed by atoms with Crippen molar-refractivity contribution in [2.75, 3.05) is 10.5 Å². The molecule has 20 heavy (non-hydrogen) atoms. The van der Waals surface area contributed by atoms with E-state index in [1.807, 2.05) is 6.92 Å². The molecule has 0 amide bonds. The van der Waals surface area contributed by atoms with Crippen LogP contribution in [0, 0.1) is 20.8 Å². The Morgan fingerprint density at radius 1 is 1.10 bits per heavy atom. The van der Waals surface area contributed by atoms with Crippen LogP contribution in [0.3, 0.4) is 0 Å². The van der Waals surface area contributed by atoms with Crippen LogP contribution in [0.4, 0.5) is 11.6 Å². The molecule has 0 radical (unpaired) electrons. The van der Waals surface area contributed by atoms with Gasteiger partial charge in [0.05, 0.1) is 17.1 Å². The first-order valence-electron chi connectivity index (χ1n) is 5.86. The average Bonchev–Trinajstić information content (AvgIpc) is 2.33. The summed E-state index contributed by atoms with van der Waals surface area (Å²) >= 11 is 0. The van der Waals surface area contributed by atoms with Crippen molar-refractivity contribution >= 4 is 21.7 Å². The highest BCUT2D eigenvalue weighted by molar-refractivity contribution is 7.92. The molecule has 7 nitrogen and oxygen atoms in total. The van der Waals surface area contributed by atoms with Crippen molar-refractivity contribution in [2.24, 2.45) is 0 Å². The summed E-state index contributed by atoms with van der Waals surface area (Å²) in [6.07, 6.45) is 0. The molecule has 0 aliphatic rings. The molecule has 1 aromatic heterocycles. The van der Waals surface area contributed by atoms with E-state index in [1.54, 1.807) is 26.0 Å². The van der Waals surface area contributed by atoms with Gasteiger partial charge in [-0.25, -0.2) is 18.1 Å². The molecule has 0 spiro atoms. The number of benzene rings is 1. The van der Waals surface area contributed by atoms with E-state index in [0.717, 1.165) is 5.56 Å². The Morgan fingerprint density at radius 2 is 1.80 bits per heavy atom. The summed E-state index contributed by atoms with van der Waals surface area (Å²) in [5.41, 5.74) is 8.04. The summed E-state index contributed by atoms with van der Waals surface area (Å²) in [6, 6.07) is 4.71. The molecular weight excluding hydrogens is 278 g/mol. The van der Waals surface area contributed by atoms with Gasteiger partial charge in [-0.3, -0.25) is 0 Å². The van der Waals surface area contributed by atoms with Crippen LogP contribution >= 0.6 is 0 Å². The normalized spacial score (nSPS) is 11.3. The van der Waals surface area contributed by atoms with E-state index in [9.17, 15) is 8.42 Å². The van der Waals surface area contributed by atoms with Crippen LogP contribution in [0.25, 0.3) is 0 Å². The number of aromatic nitrogens is 3. The minimum atomic E-state index is -3.83. The topological polar surface area (TPSA) is 111 Å². The van der Waals surface area contributed by atoms with Gasteiger partial charge in [0.15, 0.2) is 0 Å². The number of rotatable bonds is 3. The Labute approximate surface area is 117 Å². The number of nitrogen functional groups attached to an aromatic ring is 1. The summed E-state index contributed by atoms with van der Waals surface area (Å²) < 4.78 is 26.7. The highest BCUT2D eigenvalue weighted by Crippen LogP contribution is 2.21. The minimum absolute atomic E-state index is 0.00933. The lowest BCUT2D eigenvalue weighted by molar-refractivity contribution is 0.601. The molecule has 3 N–H and O–H groups in total. The van der Waals surface area contributed by atoms with Crippen LogP contribution in [0.5, 0.6) is 0 Å². The van der Waals surface area contributed by atoms with Crippen molar-refractivity contribution in [1.82, 2.24) is 15.2 Å². The van der Waals surface area contributed by atoms with Gasteiger partial charge >= 0.3 is 0 Å². The fraction of sp³-hybridized carbons (Fsp3) is 0.250. The molecule has 0 saturated carbocycles. The number of aryl methyl sites for hydroxylation is 3. The molecule has 0 saturated heterocycles. The average molecular weight is 293 g/mol. The Balaban J connectivity index is 2.38. The number of sulfonamides is 1. The van der Waals surface area contributed by atoms with Crippen molar-refractivity contribution in [1.29, 1.82) is 0 Å². The molecule has 0 fully saturated rings. The van der Waals surface area contributed by atoms with E-state index in [-0.39, 0.29) is 16.5 Å². The third-order valence-corrected chi connectivity index (χ3v) is 4.17. The van der Waals surface area contributed by atoms with Gasteiger partial charge in [0, 0.05) is 0 Å². The van der Waals surface area contributed by atoms with Gasteiger partial charge < -0.3 is 5.73 Å². The van der Waals surface area contributed by atoms with Crippen molar-refractivity contribution in [3.05, 3.63) is 35.2 Å². The maximum atomic E-state index is 12.2. The maximum absolute atomic E-state index is 12.2. The quantitative estimate of drug-likeness (QED) is 0.822. The van der Waals surface area contributed by atoms with Crippen molar-refractivity contribution in [3.63, 3.8) is 0 Å². The van der Waals surface area contributed by atoms with Crippen LogP contribution in [-0.2, 0) is 10.0 Å². The summed E-state index contributed by atoms with van der Waals surface area (Å²) in [7, 11) is -3.83. The predicted octanol–water partition coefficient (Wildman–Crippen LogP) is 1.18.